The van der Waals surface area contributed by atoms with Crippen molar-refractivity contribution in [1.82, 2.24) is 10.2 Å². The van der Waals surface area contributed by atoms with E-state index in [1.165, 1.54) is 30.1 Å². The highest BCUT2D eigenvalue weighted by molar-refractivity contribution is 7.92. The van der Waals surface area contributed by atoms with E-state index in [4.69, 9.17) is 0 Å². The number of benzene rings is 2. The van der Waals surface area contributed by atoms with Gasteiger partial charge in [0.25, 0.3) is 0 Å². The van der Waals surface area contributed by atoms with Gasteiger partial charge in [0.05, 0.1) is 11.9 Å². The van der Waals surface area contributed by atoms with Gasteiger partial charge in [-0.15, -0.1) is 0 Å². The number of sulfonamides is 1. The fourth-order valence-electron chi connectivity index (χ4n) is 3.01. The van der Waals surface area contributed by atoms with Gasteiger partial charge in [-0.1, -0.05) is 36.4 Å². The van der Waals surface area contributed by atoms with E-state index < -0.39 is 40.2 Å². The number of carbonyl (C=O) groups is 2. The first-order valence-electron chi connectivity index (χ1n) is 9.34. The third-order valence-electron chi connectivity index (χ3n) is 4.82. The van der Waals surface area contributed by atoms with E-state index >= 15 is 0 Å². The number of amides is 2. The molecule has 0 heterocycles. The highest BCUT2D eigenvalue weighted by Crippen LogP contribution is 2.22. The van der Waals surface area contributed by atoms with Crippen LogP contribution in [0, 0.1) is 12.7 Å². The molecule has 2 rings (SSSR count). The van der Waals surface area contributed by atoms with Crippen molar-refractivity contribution in [3.63, 3.8) is 0 Å². The molecule has 2 aromatic rings. The van der Waals surface area contributed by atoms with Crippen LogP contribution >= 0.6 is 0 Å². The van der Waals surface area contributed by atoms with E-state index in [1.807, 2.05) is 31.2 Å². The Hall–Kier alpha value is -2.94. The van der Waals surface area contributed by atoms with Crippen LogP contribution in [0.5, 0.6) is 0 Å². The Balaban J connectivity index is 2.41. The molecule has 0 aromatic heterocycles. The first-order valence-corrected chi connectivity index (χ1v) is 11.2. The number of hydrogen-bond donors (Lipinski definition) is 1. The summed E-state index contributed by atoms with van der Waals surface area (Å²) in [6, 6.07) is 11.9. The van der Waals surface area contributed by atoms with Gasteiger partial charge in [-0.05, 0) is 37.1 Å². The molecule has 0 spiro atoms. The predicted molar refractivity (Wildman–Crippen MR) is 114 cm³/mol. The Kier molecular flexibility index (Phi) is 7.55. The topological polar surface area (TPSA) is 86.8 Å². The van der Waals surface area contributed by atoms with Gasteiger partial charge in [0, 0.05) is 13.6 Å². The summed E-state index contributed by atoms with van der Waals surface area (Å²) in [5.41, 5.74) is 1.52. The minimum atomic E-state index is -3.96. The van der Waals surface area contributed by atoms with Crippen LogP contribution in [0.1, 0.15) is 18.1 Å². The standard InChI is InChI=1S/C21H26FN3O4S/c1-15-9-5-6-10-17(15)13-24(16(2)21(27)23-3)20(26)14-25(30(4,28)29)19-12-8-7-11-18(19)22/h5-12,16H,13-14H2,1-4H3,(H,23,27). The SMILES string of the molecule is CNC(=O)C(C)N(Cc1ccccc1C)C(=O)CN(c1ccccc1F)S(C)(=O)=O. The fourth-order valence-corrected chi connectivity index (χ4v) is 3.86. The molecule has 0 aliphatic heterocycles. The van der Waals surface area contributed by atoms with Gasteiger partial charge in [0.1, 0.15) is 18.4 Å². The molecule has 2 amide bonds. The third kappa shape index (κ3) is 5.56. The lowest BCUT2D eigenvalue weighted by molar-refractivity contribution is -0.139. The molecule has 0 aliphatic carbocycles. The average molecular weight is 436 g/mol. The molecule has 2 aromatic carbocycles. The summed E-state index contributed by atoms with van der Waals surface area (Å²) in [7, 11) is -2.50. The summed E-state index contributed by atoms with van der Waals surface area (Å²) in [6.45, 7) is 2.91. The number of hydrogen-bond acceptors (Lipinski definition) is 4. The molecular formula is C21H26FN3O4S. The van der Waals surface area contributed by atoms with Gasteiger partial charge in [-0.3, -0.25) is 13.9 Å². The summed E-state index contributed by atoms with van der Waals surface area (Å²) in [5, 5.41) is 2.50. The van der Waals surface area contributed by atoms with Gasteiger partial charge in [-0.2, -0.15) is 0 Å². The third-order valence-corrected chi connectivity index (χ3v) is 5.94. The van der Waals surface area contributed by atoms with Gasteiger partial charge in [-0.25, -0.2) is 12.8 Å². The van der Waals surface area contributed by atoms with Crippen LogP contribution in [0.4, 0.5) is 10.1 Å². The molecule has 7 nitrogen and oxygen atoms in total. The molecule has 1 atom stereocenters. The summed E-state index contributed by atoms with van der Waals surface area (Å²) < 4.78 is 39.6. The Bertz CT molecular complexity index is 1030. The van der Waals surface area contributed by atoms with Crippen LogP contribution < -0.4 is 9.62 Å². The minimum absolute atomic E-state index is 0.106. The van der Waals surface area contributed by atoms with Crippen molar-refractivity contribution in [2.24, 2.45) is 0 Å². The molecule has 0 fully saturated rings. The van der Waals surface area contributed by atoms with Crippen molar-refractivity contribution in [3.05, 3.63) is 65.5 Å². The molecule has 162 valence electrons. The molecule has 30 heavy (non-hydrogen) atoms. The molecule has 1 unspecified atom stereocenters. The molecule has 1 N–H and O–H groups in total. The maximum absolute atomic E-state index is 14.3. The normalized spacial score (nSPS) is 12.2. The van der Waals surface area contributed by atoms with Crippen molar-refractivity contribution in [3.8, 4) is 0 Å². The van der Waals surface area contributed by atoms with E-state index in [9.17, 15) is 22.4 Å². The number of nitrogens with zero attached hydrogens (tertiary/aromatic N) is 2. The zero-order valence-electron chi connectivity index (χ0n) is 17.4. The van der Waals surface area contributed by atoms with E-state index in [2.05, 4.69) is 5.32 Å². The quantitative estimate of drug-likeness (QED) is 0.688. The van der Waals surface area contributed by atoms with Crippen molar-refractivity contribution >= 4 is 27.5 Å². The summed E-state index contributed by atoms with van der Waals surface area (Å²) in [4.78, 5) is 26.7. The van der Waals surface area contributed by atoms with Crippen LogP contribution in [0.2, 0.25) is 0 Å². The van der Waals surface area contributed by atoms with Crippen LogP contribution in [0.3, 0.4) is 0 Å². The number of carbonyl (C=O) groups excluding carboxylic acids is 2. The molecule has 9 heteroatoms. The monoisotopic (exact) mass is 435 g/mol. The lowest BCUT2D eigenvalue weighted by Crippen LogP contribution is -2.50. The number of anilines is 1. The van der Waals surface area contributed by atoms with Crippen LogP contribution in [-0.2, 0) is 26.2 Å². The second kappa shape index (κ2) is 9.71. The van der Waals surface area contributed by atoms with Gasteiger partial charge in [0.2, 0.25) is 21.8 Å². The molecule has 0 radical (unpaired) electrons. The summed E-state index contributed by atoms with van der Waals surface area (Å²) in [5.74, 6) is -1.78. The number of halogens is 1. The lowest BCUT2D eigenvalue weighted by Gasteiger charge is -2.31. The summed E-state index contributed by atoms with van der Waals surface area (Å²) in [6.07, 6.45) is 0.903. The predicted octanol–water partition coefficient (Wildman–Crippen LogP) is 2.06. The van der Waals surface area contributed by atoms with Crippen molar-refractivity contribution in [2.45, 2.75) is 26.4 Å². The van der Waals surface area contributed by atoms with Crippen molar-refractivity contribution in [1.29, 1.82) is 0 Å². The first kappa shape index (κ1) is 23.3. The lowest BCUT2D eigenvalue weighted by atomic mass is 10.1. The zero-order chi connectivity index (χ0) is 22.5. The second-order valence-electron chi connectivity index (χ2n) is 6.96. The smallest absolute Gasteiger partial charge is 0.244 e. The number of para-hydroxylation sites is 1. The Labute approximate surface area is 176 Å². The molecule has 0 aliphatic rings. The number of aryl methyl sites for hydroxylation is 1. The highest BCUT2D eigenvalue weighted by Gasteiger charge is 2.30. The Morgan fingerprint density at radius 1 is 1.10 bits per heavy atom. The fraction of sp³-hybridized carbons (Fsp3) is 0.333. The first-order chi connectivity index (χ1) is 14.1. The Morgan fingerprint density at radius 2 is 1.70 bits per heavy atom. The zero-order valence-corrected chi connectivity index (χ0v) is 18.2. The van der Waals surface area contributed by atoms with E-state index in [-0.39, 0.29) is 12.2 Å². The Morgan fingerprint density at radius 3 is 2.27 bits per heavy atom. The van der Waals surface area contributed by atoms with E-state index in [0.717, 1.165) is 23.4 Å². The maximum atomic E-state index is 14.3. The number of rotatable bonds is 8. The largest absolute Gasteiger partial charge is 0.357 e. The van der Waals surface area contributed by atoms with Crippen LogP contribution in [-0.4, -0.2) is 51.0 Å². The van der Waals surface area contributed by atoms with E-state index in [1.54, 1.807) is 6.92 Å². The minimum Gasteiger partial charge on any atom is -0.357 e. The van der Waals surface area contributed by atoms with Gasteiger partial charge >= 0.3 is 0 Å². The van der Waals surface area contributed by atoms with E-state index in [0.29, 0.717) is 4.31 Å². The van der Waals surface area contributed by atoms with Crippen molar-refractivity contribution < 1.29 is 22.4 Å². The summed E-state index contributed by atoms with van der Waals surface area (Å²) >= 11 is 0. The molecular weight excluding hydrogens is 409 g/mol. The van der Waals surface area contributed by atoms with Gasteiger partial charge in [0.15, 0.2) is 0 Å². The number of likely N-dealkylation sites (N-methyl/N-ethyl adjacent to an activating group) is 1. The molecule has 0 saturated carbocycles. The number of nitrogens with one attached hydrogen (secondary N) is 1. The highest BCUT2D eigenvalue weighted by atomic mass is 32.2. The van der Waals surface area contributed by atoms with Crippen LogP contribution in [0.15, 0.2) is 48.5 Å². The molecule has 0 saturated heterocycles. The van der Waals surface area contributed by atoms with Crippen LogP contribution in [0.25, 0.3) is 0 Å². The average Bonchev–Trinajstić information content (AvgIpc) is 2.70. The van der Waals surface area contributed by atoms with Gasteiger partial charge < -0.3 is 10.2 Å². The molecule has 0 bridgehead atoms. The second-order valence-corrected chi connectivity index (χ2v) is 8.87. The van der Waals surface area contributed by atoms with Crippen molar-refractivity contribution in [2.75, 3.05) is 24.2 Å². The maximum Gasteiger partial charge on any atom is 0.244 e.